The minimum Gasteiger partial charge on any atom is -0.454 e. The zero-order valence-corrected chi connectivity index (χ0v) is 13.7. The van der Waals surface area contributed by atoms with Crippen LogP contribution in [0.15, 0.2) is 18.2 Å². The monoisotopic (exact) mass is 330 g/mol. The first-order valence-corrected chi connectivity index (χ1v) is 8.66. The molecule has 0 bridgehead atoms. The lowest BCUT2D eigenvalue weighted by atomic mass is 9.85. The predicted molar refractivity (Wildman–Crippen MR) is 88.2 cm³/mol. The molecule has 5 nitrogen and oxygen atoms in total. The molecule has 0 saturated heterocycles. The number of hydrogen-bond donors (Lipinski definition) is 1. The zero-order chi connectivity index (χ0) is 15.8. The average Bonchev–Trinajstić information content (AvgIpc) is 3.03. The molecule has 2 aromatic rings. The first-order chi connectivity index (χ1) is 11.2. The fourth-order valence-electron chi connectivity index (χ4n) is 2.76. The summed E-state index contributed by atoms with van der Waals surface area (Å²) >= 11 is 1.55. The smallest absolute Gasteiger partial charge is 0.231 e. The number of carbonyl (C=O) groups is 1. The van der Waals surface area contributed by atoms with Gasteiger partial charge in [0.25, 0.3) is 0 Å². The molecular weight excluding hydrogens is 312 g/mol. The third-order valence-corrected chi connectivity index (χ3v) is 5.47. The van der Waals surface area contributed by atoms with E-state index < -0.39 is 0 Å². The topological polar surface area (TPSA) is 60.5 Å². The lowest BCUT2D eigenvalue weighted by Gasteiger charge is -2.23. The van der Waals surface area contributed by atoms with Crippen LogP contribution >= 0.6 is 11.3 Å². The predicted octanol–water partition coefficient (Wildman–Crippen LogP) is 3.51. The molecular formula is C17H18N2O3S. The summed E-state index contributed by atoms with van der Waals surface area (Å²) in [5, 5.41) is 3.66. The number of rotatable bonds is 4. The van der Waals surface area contributed by atoms with Gasteiger partial charge in [0.15, 0.2) is 16.6 Å². The van der Waals surface area contributed by atoms with Crippen molar-refractivity contribution in [2.24, 2.45) is 5.92 Å². The van der Waals surface area contributed by atoms with Crippen LogP contribution < -0.4 is 14.8 Å². The van der Waals surface area contributed by atoms with E-state index in [-0.39, 0.29) is 18.6 Å². The Hall–Kier alpha value is -2.08. The van der Waals surface area contributed by atoms with E-state index in [1.165, 1.54) is 0 Å². The largest absolute Gasteiger partial charge is 0.454 e. The minimum absolute atomic E-state index is 0.111. The SMILES string of the molecule is Cc1nc(NC(=O)C2CCC2)sc1Cc1ccc2c(c1)OCO2. The summed E-state index contributed by atoms with van der Waals surface area (Å²) in [5.41, 5.74) is 2.12. The van der Waals surface area contributed by atoms with Crippen LogP contribution in [-0.2, 0) is 11.2 Å². The van der Waals surface area contributed by atoms with Crippen LogP contribution in [0.5, 0.6) is 11.5 Å². The highest BCUT2D eigenvalue weighted by Crippen LogP contribution is 2.34. The molecule has 0 spiro atoms. The van der Waals surface area contributed by atoms with Gasteiger partial charge in [-0.25, -0.2) is 4.98 Å². The molecule has 1 aromatic carbocycles. The van der Waals surface area contributed by atoms with Crippen LogP contribution in [0.25, 0.3) is 0 Å². The Bertz CT molecular complexity index is 752. The van der Waals surface area contributed by atoms with Crippen LogP contribution in [0.1, 0.15) is 35.4 Å². The van der Waals surface area contributed by atoms with E-state index in [0.717, 1.165) is 53.3 Å². The molecule has 1 saturated carbocycles. The number of ether oxygens (including phenoxy) is 2. The van der Waals surface area contributed by atoms with Gasteiger partial charge in [0, 0.05) is 17.2 Å². The van der Waals surface area contributed by atoms with Crippen molar-refractivity contribution in [1.82, 2.24) is 4.98 Å². The quantitative estimate of drug-likeness (QED) is 0.932. The number of fused-ring (bicyclic) bond motifs is 1. The number of anilines is 1. The average molecular weight is 330 g/mol. The molecule has 1 amide bonds. The Morgan fingerprint density at radius 3 is 2.96 bits per heavy atom. The third kappa shape index (κ3) is 2.91. The van der Waals surface area contributed by atoms with Gasteiger partial charge in [-0.15, -0.1) is 11.3 Å². The number of hydrogen-bond acceptors (Lipinski definition) is 5. The maximum atomic E-state index is 12.0. The van der Waals surface area contributed by atoms with E-state index in [1.54, 1.807) is 11.3 Å². The van der Waals surface area contributed by atoms with Crippen LogP contribution in [0, 0.1) is 12.8 Å². The number of nitrogens with zero attached hydrogens (tertiary/aromatic N) is 1. The number of benzene rings is 1. The fraction of sp³-hybridized carbons (Fsp3) is 0.412. The highest BCUT2D eigenvalue weighted by atomic mass is 32.1. The van der Waals surface area contributed by atoms with Gasteiger partial charge in [0.05, 0.1) is 5.69 Å². The molecule has 0 unspecified atom stereocenters. The number of nitrogens with one attached hydrogen (secondary N) is 1. The summed E-state index contributed by atoms with van der Waals surface area (Å²) < 4.78 is 10.8. The Balaban J connectivity index is 1.47. The third-order valence-electron chi connectivity index (χ3n) is 4.40. The van der Waals surface area contributed by atoms with Crippen molar-refractivity contribution in [1.29, 1.82) is 0 Å². The van der Waals surface area contributed by atoms with E-state index in [9.17, 15) is 4.79 Å². The standard InChI is InChI=1S/C17H18N2O3S/c1-10-15(8-11-5-6-13-14(7-11)22-9-21-13)23-17(18-10)19-16(20)12-3-2-4-12/h5-7,12H,2-4,8-9H2,1H3,(H,18,19,20). The maximum Gasteiger partial charge on any atom is 0.231 e. The highest BCUT2D eigenvalue weighted by molar-refractivity contribution is 7.15. The van der Waals surface area contributed by atoms with Crippen molar-refractivity contribution in [3.05, 3.63) is 34.3 Å². The minimum atomic E-state index is 0.111. The summed E-state index contributed by atoms with van der Waals surface area (Å²) in [6.45, 7) is 2.27. The first kappa shape index (κ1) is 14.5. The fourth-order valence-corrected chi connectivity index (χ4v) is 3.76. The molecule has 120 valence electrons. The molecule has 1 aromatic heterocycles. The van der Waals surface area contributed by atoms with E-state index in [0.29, 0.717) is 5.13 Å². The molecule has 0 radical (unpaired) electrons. The van der Waals surface area contributed by atoms with Gasteiger partial charge in [0.1, 0.15) is 0 Å². The normalized spacial score (nSPS) is 16.2. The van der Waals surface area contributed by atoms with Crippen molar-refractivity contribution in [3.63, 3.8) is 0 Å². The van der Waals surface area contributed by atoms with Gasteiger partial charge in [-0.1, -0.05) is 12.5 Å². The lowest BCUT2D eigenvalue weighted by molar-refractivity contribution is -0.122. The Kier molecular flexibility index (Phi) is 3.69. The van der Waals surface area contributed by atoms with E-state index in [2.05, 4.69) is 10.3 Å². The van der Waals surface area contributed by atoms with Gasteiger partial charge in [-0.05, 0) is 37.5 Å². The number of thiazole rings is 1. The van der Waals surface area contributed by atoms with Gasteiger partial charge < -0.3 is 14.8 Å². The van der Waals surface area contributed by atoms with Gasteiger partial charge in [-0.3, -0.25) is 4.79 Å². The van der Waals surface area contributed by atoms with Gasteiger partial charge in [-0.2, -0.15) is 0 Å². The second kappa shape index (κ2) is 5.85. The first-order valence-electron chi connectivity index (χ1n) is 7.85. The van der Waals surface area contributed by atoms with Crippen molar-refractivity contribution in [2.45, 2.75) is 32.6 Å². The van der Waals surface area contributed by atoms with Crippen LogP contribution in [0.3, 0.4) is 0 Å². The zero-order valence-electron chi connectivity index (χ0n) is 12.9. The lowest BCUT2D eigenvalue weighted by Crippen LogP contribution is -2.27. The Morgan fingerprint density at radius 2 is 2.17 bits per heavy atom. The molecule has 1 aliphatic carbocycles. The second-order valence-electron chi connectivity index (χ2n) is 6.01. The molecule has 1 fully saturated rings. The maximum absolute atomic E-state index is 12.0. The molecule has 6 heteroatoms. The number of amides is 1. The summed E-state index contributed by atoms with van der Waals surface area (Å²) in [4.78, 5) is 17.7. The second-order valence-corrected chi connectivity index (χ2v) is 7.09. The summed E-state index contributed by atoms with van der Waals surface area (Å²) in [7, 11) is 0. The molecule has 1 N–H and O–H groups in total. The Morgan fingerprint density at radius 1 is 1.35 bits per heavy atom. The van der Waals surface area contributed by atoms with Gasteiger partial charge in [0.2, 0.25) is 12.7 Å². The Labute approximate surface area is 138 Å². The van der Waals surface area contributed by atoms with Crippen LogP contribution in [-0.4, -0.2) is 17.7 Å². The highest BCUT2D eigenvalue weighted by Gasteiger charge is 2.26. The van der Waals surface area contributed by atoms with E-state index >= 15 is 0 Å². The molecule has 4 rings (SSSR count). The summed E-state index contributed by atoms with van der Waals surface area (Å²) in [6, 6.07) is 5.99. The van der Waals surface area contributed by atoms with Crippen LogP contribution in [0.4, 0.5) is 5.13 Å². The molecule has 1 aliphatic heterocycles. The van der Waals surface area contributed by atoms with Crippen molar-refractivity contribution in [2.75, 3.05) is 12.1 Å². The van der Waals surface area contributed by atoms with Crippen molar-refractivity contribution in [3.8, 4) is 11.5 Å². The molecule has 0 atom stereocenters. The molecule has 23 heavy (non-hydrogen) atoms. The van der Waals surface area contributed by atoms with Crippen molar-refractivity contribution >= 4 is 22.4 Å². The number of aromatic nitrogens is 1. The number of carbonyl (C=O) groups excluding carboxylic acids is 1. The van der Waals surface area contributed by atoms with E-state index in [1.807, 2.05) is 25.1 Å². The van der Waals surface area contributed by atoms with Crippen molar-refractivity contribution < 1.29 is 14.3 Å². The van der Waals surface area contributed by atoms with E-state index in [4.69, 9.17) is 9.47 Å². The number of aryl methyl sites for hydroxylation is 1. The summed E-state index contributed by atoms with van der Waals surface area (Å²) in [5.74, 6) is 1.88. The molecule has 2 heterocycles. The summed E-state index contributed by atoms with van der Waals surface area (Å²) in [6.07, 6.45) is 3.93. The van der Waals surface area contributed by atoms with Gasteiger partial charge >= 0.3 is 0 Å². The van der Waals surface area contributed by atoms with Crippen LogP contribution in [0.2, 0.25) is 0 Å². The molecule has 2 aliphatic rings.